The van der Waals surface area contributed by atoms with Gasteiger partial charge in [0.25, 0.3) is 0 Å². The molecule has 3 nitrogen and oxygen atoms in total. The molecule has 1 aliphatic carbocycles. The van der Waals surface area contributed by atoms with E-state index in [0.717, 1.165) is 19.3 Å². The Bertz CT molecular complexity index is 449. The van der Waals surface area contributed by atoms with E-state index < -0.39 is 5.54 Å². The molecule has 4 heteroatoms. The third-order valence-electron chi connectivity index (χ3n) is 3.98. The lowest BCUT2D eigenvalue weighted by Crippen LogP contribution is -2.53. The van der Waals surface area contributed by atoms with E-state index in [4.69, 9.17) is 5.73 Å². The van der Waals surface area contributed by atoms with E-state index in [0.29, 0.717) is 12.1 Å². The van der Waals surface area contributed by atoms with Gasteiger partial charge in [-0.05, 0) is 30.9 Å². The van der Waals surface area contributed by atoms with Gasteiger partial charge in [-0.1, -0.05) is 31.9 Å². The molecule has 0 radical (unpaired) electrons. The zero-order chi connectivity index (χ0) is 13.2. The van der Waals surface area contributed by atoms with Crippen LogP contribution in [0.5, 0.6) is 0 Å². The monoisotopic (exact) mass is 250 g/mol. The molecule has 1 aromatic rings. The van der Waals surface area contributed by atoms with Crippen LogP contribution in [0.2, 0.25) is 0 Å². The van der Waals surface area contributed by atoms with Crippen molar-refractivity contribution in [2.45, 2.75) is 38.1 Å². The molecule has 1 aromatic carbocycles. The van der Waals surface area contributed by atoms with Crippen LogP contribution in [-0.2, 0) is 4.79 Å². The van der Waals surface area contributed by atoms with Crippen molar-refractivity contribution in [3.05, 3.63) is 30.1 Å². The Balaban J connectivity index is 2.33. The summed E-state index contributed by atoms with van der Waals surface area (Å²) in [6.45, 7) is 2.04. The van der Waals surface area contributed by atoms with Crippen LogP contribution in [0.15, 0.2) is 24.3 Å². The predicted molar refractivity (Wildman–Crippen MR) is 69.6 cm³/mol. The molecule has 0 aliphatic heterocycles. The molecule has 0 heterocycles. The summed E-state index contributed by atoms with van der Waals surface area (Å²) in [5, 5.41) is 3.07. The molecule has 2 rings (SSSR count). The molecule has 98 valence electrons. The van der Waals surface area contributed by atoms with E-state index in [9.17, 15) is 9.18 Å². The molecule has 0 aromatic heterocycles. The fourth-order valence-electron chi connectivity index (χ4n) is 2.98. The molecule has 1 fully saturated rings. The Morgan fingerprint density at radius 2 is 2.28 bits per heavy atom. The molecule has 1 aliphatic rings. The van der Waals surface area contributed by atoms with Gasteiger partial charge in [-0.2, -0.15) is 0 Å². The molecule has 2 unspecified atom stereocenters. The summed E-state index contributed by atoms with van der Waals surface area (Å²) in [5.41, 5.74) is 5.14. The number of halogens is 1. The maximum absolute atomic E-state index is 13.7. The number of carbonyl (C=O) groups is 1. The first-order valence-corrected chi connectivity index (χ1v) is 6.42. The van der Waals surface area contributed by atoms with Crippen molar-refractivity contribution < 1.29 is 9.18 Å². The van der Waals surface area contributed by atoms with Crippen LogP contribution in [0.25, 0.3) is 0 Å². The molecule has 1 saturated carbocycles. The number of primary amides is 1. The lowest BCUT2D eigenvalue weighted by Gasteiger charge is -2.34. The van der Waals surface area contributed by atoms with Gasteiger partial charge in [0, 0.05) is 0 Å². The highest BCUT2D eigenvalue weighted by Gasteiger charge is 2.47. The van der Waals surface area contributed by atoms with Gasteiger partial charge >= 0.3 is 0 Å². The second kappa shape index (κ2) is 4.96. The minimum atomic E-state index is -0.795. The van der Waals surface area contributed by atoms with Gasteiger partial charge in [0.15, 0.2) is 0 Å². The predicted octanol–water partition coefficient (Wildman–Crippen LogP) is 2.67. The number of amides is 1. The topological polar surface area (TPSA) is 55.1 Å². The Morgan fingerprint density at radius 3 is 2.89 bits per heavy atom. The van der Waals surface area contributed by atoms with Crippen molar-refractivity contribution in [1.29, 1.82) is 0 Å². The highest BCUT2D eigenvalue weighted by Crippen LogP contribution is 2.40. The Hall–Kier alpha value is -1.58. The minimum absolute atomic E-state index is 0.176. The maximum Gasteiger partial charge on any atom is 0.243 e. The Kier molecular flexibility index (Phi) is 3.55. The third kappa shape index (κ3) is 2.07. The summed E-state index contributed by atoms with van der Waals surface area (Å²) in [6.07, 6.45) is 3.45. The van der Waals surface area contributed by atoms with Crippen LogP contribution in [0.3, 0.4) is 0 Å². The van der Waals surface area contributed by atoms with Gasteiger partial charge in [-0.15, -0.1) is 0 Å². The first kappa shape index (κ1) is 12.9. The number of para-hydroxylation sites is 1. The SMILES string of the molecule is CCC1CCCC1(Nc1ccccc1F)C(N)=O. The van der Waals surface area contributed by atoms with Crippen molar-refractivity contribution in [2.24, 2.45) is 11.7 Å². The molecule has 18 heavy (non-hydrogen) atoms. The lowest BCUT2D eigenvalue weighted by atomic mass is 9.84. The van der Waals surface area contributed by atoms with Crippen LogP contribution >= 0.6 is 0 Å². The number of rotatable bonds is 4. The van der Waals surface area contributed by atoms with Gasteiger partial charge in [0.1, 0.15) is 11.4 Å². The number of benzene rings is 1. The zero-order valence-corrected chi connectivity index (χ0v) is 10.6. The number of hydrogen-bond acceptors (Lipinski definition) is 2. The van der Waals surface area contributed by atoms with Crippen LogP contribution in [0.1, 0.15) is 32.6 Å². The number of nitrogens with one attached hydrogen (secondary N) is 1. The first-order chi connectivity index (χ1) is 8.60. The molecule has 3 N–H and O–H groups in total. The first-order valence-electron chi connectivity index (χ1n) is 6.42. The fraction of sp³-hybridized carbons (Fsp3) is 0.500. The molecule has 0 spiro atoms. The van der Waals surface area contributed by atoms with Gasteiger partial charge in [-0.3, -0.25) is 4.79 Å². The van der Waals surface area contributed by atoms with Crippen LogP contribution in [0, 0.1) is 11.7 Å². The number of nitrogens with two attached hydrogens (primary N) is 1. The summed E-state index contributed by atoms with van der Waals surface area (Å²) < 4.78 is 13.7. The average Bonchev–Trinajstić information content (AvgIpc) is 2.76. The van der Waals surface area contributed by atoms with Crippen molar-refractivity contribution in [3.8, 4) is 0 Å². The smallest absolute Gasteiger partial charge is 0.243 e. The van der Waals surface area contributed by atoms with E-state index in [2.05, 4.69) is 5.32 Å². The molecule has 2 atom stereocenters. The quantitative estimate of drug-likeness (QED) is 0.863. The van der Waals surface area contributed by atoms with E-state index in [-0.39, 0.29) is 17.6 Å². The van der Waals surface area contributed by atoms with Crippen molar-refractivity contribution >= 4 is 11.6 Å². The molecule has 0 bridgehead atoms. The summed E-state index contributed by atoms with van der Waals surface area (Å²) in [4.78, 5) is 11.8. The second-order valence-corrected chi connectivity index (χ2v) is 4.94. The normalized spacial score (nSPS) is 27.1. The van der Waals surface area contributed by atoms with Gasteiger partial charge in [0.05, 0.1) is 5.69 Å². The van der Waals surface area contributed by atoms with Crippen molar-refractivity contribution in [3.63, 3.8) is 0 Å². The summed E-state index contributed by atoms with van der Waals surface area (Å²) in [7, 11) is 0. The van der Waals surface area contributed by atoms with Gasteiger partial charge < -0.3 is 11.1 Å². The van der Waals surface area contributed by atoms with Crippen LogP contribution in [0.4, 0.5) is 10.1 Å². The van der Waals surface area contributed by atoms with E-state index in [1.54, 1.807) is 18.2 Å². The Morgan fingerprint density at radius 1 is 1.56 bits per heavy atom. The standard InChI is InChI=1S/C14H19FN2O/c1-2-10-6-5-9-14(10,13(16)18)17-12-8-4-3-7-11(12)15/h3-4,7-8,10,17H,2,5-6,9H2,1H3,(H2,16,18). The van der Waals surface area contributed by atoms with E-state index in [1.807, 2.05) is 6.92 Å². The number of anilines is 1. The van der Waals surface area contributed by atoms with Gasteiger partial charge in [0.2, 0.25) is 5.91 Å². The van der Waals surface area contributed by atoms with Crippen molar-refractivity contribution in [1.82, 2.24) is 0 Å². The molecule has 1 amide bonds. The zero-order valence-electron chi connectivity index (χ0n) is 10.6. The van der Waals surface area contributed by atoms with Gasteiger partial charge in [-0.25, -0.2) is 4.39 Å². The number of hydrogen-bond donors (Lipinski definition) is 2. The maximum atomic E-state index is 13.7. The van der Waals surface area contributed by atoms with E-state index >= 15 is 0 Å². The third-order valence-corrected chi connectivity index (χ3v) is 3.98. The molecular formula is C14H19FN2O. The lowest BCUT2D eigenvalue weighted by molar-refractivity contribution is -0.123. The van der Waals surface area contributed by atoms with Crippen molar-refractivity contribution in [2.75, 3.05) is 5.32 Å². The largest absolute Gasteiger partial charge is 0.369 e. The summed E-state index contributed by atoms with van der Waals surface area (Å²) in [5.74, 6) is -0.551. The minimum Gasteiger partial charge on any atom is -0.369 e. The summed E-state index contributed by atoms with van der Waals surface area (Å²) >= 11 is 0. The number of carbonyl (C=O) groups excluding carboxylic acids is 1. The molecular weight excluding hydrogens is 231 g/mol. The Labute approximate surface area is 107 Å². The summed E-state index contributed by atoms with van der Waals surface area (Å²) in [6, 6.07) is 6.40. The average molecular weight is 250 g/mol. The van der Waals surface area contributed by atoms with Crippen LogP contribution in [-0.4, -0.2) is 11.4 Å². The second-order valence-electron chi connectivity index (χ2n) is 4.94. The highest BCUT2D eigenvalue weighted by molar-refractivity contribution is 5.88. The fourth-order valence-corrected chi connectivity index (χ4v) is 2.98. The van der Waals surface area contributed by atoms with Crippen LogP contribution < -0.4 is 11.1 Å². The molecule has 0 saturated heterocycles. The highest BCUT2D eigenvalue weighted by atomic mass is 19.1. The van der Waals surface area contributed by atoms with E-state index in [1.165, 1.54) is 6.07 Å².